The van der Waals surface area contributed by atoms with Crippen LogP contribution in [0.25, 0.3) is 0 Å². The lowest BCUT2D eigenvalue weighted by molar-refractivity contribution is -0.133. The number of rotatable bonds is 55. The predicted octanol–water partition coefficient (Wildman–Crippen LogP) is 2.78. The molecule has 0 aliphatic heterocycles. The fourth-order valence-corrected chi connectivity index (χ4v) is 6.38. The molecule has 1 rings (SSSR count). The third-order valence-corrected chi connectivity index (χ3v) is 10.3. The van der Waals surface area contributed by atoms with Crippen molar-refractivity contribution in [1.82, 2.24) is 26.6 Å². The zero-order valence-corrected chi connectivity index (χ0v) is 48.4. The molecule has 0 fully saturated rings. The minimum absolute atomic E-state index is 0.0190. The highest BCUT2D eigenvalue weighted by Crippen LogP contribution is 2.13. The van der Waals surface area contributed by atoms with Crippen molar-refractivity contribution in [3.05, 3.63) is 41.7 Å². The van der Waals surface area contributed by atoms with Crippen molar-refractivity contribution in [3.63, 3.8) is 0 Å². The zero-order chi connectivity index (χ0) is 59.2. The van der Waals surface area contributed by atoms with E-state index < -0.39 is 48.5 Å². The fourth-order valence-electron chi connectivity index (χ4n) is 6.38. The Bertz CT molecular complexity index is 1850. The van der Waals surface area contributed by atoms with Crippen LogP contribution in [-0.4, -0.2) is 219 Å². The second-order valence-electron chi connectivity index (χ2n) is 18.1. The average Bonchev–Trinajstić information content (AvgIpc) is 3.45. The SMILES string of the molecule is CCCOCCOCCOCCOCCOCCOCCOCCOCCOCCOCCOCCN/C=C(/CNC(=O)OCc1ccc(NC(=O)[C@H](CCCNC(N)=O)NC(=O)[C@H](CC(C)C)NC(=O)CON=C(C)C)cc1)N=N. The van der Waals surface area contributed by atoms with Crippen molar-refractivity contribution in [2.75, 3.05) is 177 Å². The van der Waals surface area contributed by atoms with Gasteiger partial charge in [0.2, 0.25) is 11.8 Å². The first-order valence-corrected chi connectivity index (χ1v) is 27.6. The first kappa shape index (κ1) is 73.4. The third-order valence-electron chi connectivity index (χ3n) is 10.3. The van der Waals surface area contributed by atoms with Crippen LogP contribution < -0.4 is 37.6 Å². The predicted molar refractivity (Wildman–Crippen MR) is 299 cm³/mol. The van der Waals surface area contributed by atoms with E-state index >= 15 is 0 Å². The summed E-state index contributed by atoms with van der Waals surface area (Å²) in [5.41, 5.74) is 14.5. The summed E-state index contributed by atoms with van der Waals surface area (Å²) >= 11 is 0. The minimum atomic E-state index is -1.04. The second kappa shape index (κ2) is 52.4. The summed E-state index contributed by atoms with van der Waals surface area (Å²) < 4.78 is 65.6. The molecule has 1 aromatic carbocycles. The number of carbonyl (C=O) groups excluding carboxylic acids is 5. The number of oxime groups is 1. The summed E-state index contributed by atoms with van der Waals surface area (Å²) in [6.07, 6.45) is 2.48. The number of ether oxygens (including phenoxy) is 12. The first-order chi connectivity index (χ1) is 39.3. The Hall–Kier alpha value is -5.66. The van der Waals surface area contributed by atoms with Gasteiger partial charge in [-0.1, -0.05) is 38.1 Å². The van der Waals surface area contributed by atoms with Gasteiger partial charge in [0.05, 0.1) is 157 Å². The van der Waals surface area contributed by atoms with E-state index in [0.717, 1.165) is 13.0 Å². The summed E-state index contributed by atoms with van der Waals surface area (Å²) in [6.45, 7) is 19.9. The number of hydrogen-bond donors (Lipinski definition) is 8. The lowest BCUT2D eigenvalue weighted by Gasteiger charge is -2.24. The Morgan fingerprint density at radius 3 is 1.51 bits per heavy atom. The molecule has 28 nitrogen and oxygen atoms in total. The van der Waals surface area contributed by atoms with Gasteiger partial charge in [0.15, 0.2) is 6.61 Å². The van der Waals surface area contributed by atoms with Gasteiger partial charge >= 0.3 is 12.1 Å². The molecule has 0 spiro atoms. The van der Waals surface area contributed by atoms with Crippen LogP contribution in [0.1, 0.15) is 65.9 Å². The van der Waals surface area contributed by atoms with Crippen LogP contribution >= 0.6 is 0 Å². The molecule has 9 N–H and O–H groups in total. The van der Waals surface area contributed by atoms with Gasteiger partial charge in [0.1, 0.15) is 18.7 Å². The van der Waals surface area contributed by atoms with Gasteiger partial charge in [-0.25, -0.2) is 15.1 Å². The molecule has 0 aromatic heterocycles. The zero-order valence-electron chi connectivity index (χ0n) is 48.4. The Morgan fingerprint density at radius 2 is 1.07 bits per heavy atom. The van der Waals surface area contributed by atoms with Crippen molar-refractivity contribution >= 4 is 41.2 Å². The van der Waals surface area contributed by atoms with Crippen molar-refractivity contribution in [2.45, 2.75) is 79.0 Å². The molecule has 0 aliphatic carbocycles. The summed E-state index contributed by atoms with van der Waals surface area (Å²) in [4.78, 5) is 68.1. The van der Waals surface area contributed by atoms with E-state index in [1.807, 2.05) is 13.8 Å². The lowest BCUT2D eigenvalue weighted by Crippen LogP contribution is -2.53. The molecule has 464 valence electrons. The van der Waals surface area contributed by atoms with Gasteiger partial charge in [-0.3, -0.25) is 14.4 Å². The van der Waals surface area contributed by atoms with E-state index in [0.29, 0.717) is 169 Å². The van der Waals surface area contributed by atoms with Gasteiger partial charge < -0.3 is 99.3 Å². The van der Waals surface area contributed by atoms with E-state index in [1.165, 1.54) is 6.20 Å². The molecule has 28 heteroatoms. The highest BCUT2D eigenvalue weighted by atomic mass is 16.6. The number of alkyl carbamates (subject to hydrolysis) is 1. The smallest absolute Gasteiger partial charge is 0.407 e. The van der Waals surface area contributed by atoms with Crippen LogP contribution in [0.4, 0.5) is 15.3 Å². The molecule has 0 radical (unpaired) electrons. The fraction of sp³-hybridized carbons (Fsp3) is 0.736. The highest BCUT2D eigenvalue weighted by molar-refractivity contribution is 5.98. The molecule has 0 saturated carbocycles. The molecule has 0 heterocycles. The Morgan fingerprint density at radius 1 is 0.605 bits per heavy atom. The maximum absolute atomic E-state index is 13.5. The number of nitrogens with zero attached hydrogens (tertiary/aromatic N) is 2. The number of hydrogen-bond acceptors (Lipinski definition) is 22. The summed E-state index contributed by atoms with van der Waals surface area (Å²) in [5, 5.41) is 23.3. The van der Waals surface area contributed by atoms with E-state index in [1.54, 1.807) is 38.1 Å². The molecule has 81 heavy (non-hydrogen) atoms. The topological polar surface area (TPSA) is 352 Å². The number of benzene rings is 1. The Kier molecular flexibility index (Phi) is 47.5. The van der Waals surface area contributed by atoms with E-state index in [4.69, 9.17) is 72.9 Å². The number of anilines is 1. The molecule has 1 aromatic rings. The Labute approximate surface area is 477 Å². The molecule has 0 aliphatic rings. The molecule has 6 amide bonds. The maximum Gasteiger partial charge on any atom is 0.407 e. The summed E-state index contributed by atoms with van der Waals surface area (Å²) in [5.74, 6) is -1.65. The number of primary amides is 1. The monoisotopic (exact) mass is 1160 g/mol. The van der Waals surface area contributed by atoms with Crippen LogP contribution in [0, 0.1) is 11.4 Å². The van der Waals surface area contributed by atoms with E-state index in [-0.39, 0.29) is 44.2 Å². The van der Waals surface area contributed by atoms with Gasteiger partial charge in [0, 0.05) is 31.6 Å². The molecule has 0 saturated heterocycles. The van der Waals surface area contributed by atoms with E-state index in [2.05, 4.69) is 49.1 Å². The summed E-state index contributed by atoms with van der Waals surface area (Å²) in [7, 11) is 0. The van der Waals surface area contributed by atoms with Crippen LogP contribution in [0.2, 0.25) is 0 Å². The van der Waals surface area contributed by atoms with E-state index in [9.17, 15) is 24.0 Å². The number of nitrogens with one attached hydrogen (secondary N) is 7. The van der Waals surface area contributed by atoms with Crippen molar-refractivity contribution in [2.24, 2.45) is 21.9 Å². The number of carbonyl (C=O) groups is 5. The molecular weight excluding hydrogens is 1060 g/mol. The van der Waals surface area contributed by atoms with Crippen LogP contribution in [0.15, 0.2) is 46.4 Å². The van der Waals surface area contributed by atoms with Crippen molar-refractivity contribution in [1.29, 1.82) is 5.53 Å². The number of urea groups is 1. The minimum Gasteiger partial charge on any atom is -0.445 e. The standard InChI is InChI=1S/C53H94N10O18/c1-6-15-69-17-19-71-21-23-73-25-27-75-29-31-77-33-35-79-36-34-78-32-30-76-28-26-74-24-22-72-20-18-70-16-14-56-38-46(62-55)39-58-53(68)80-40-44-9-11-45(12-10-44)59-50(65)47(8-7-13-57-52(54)67)61-51(66)48(37-42(2)3)60-49(64)41-81-63-43(4)5/h9-12,38,42,47-48,55-56H,6-8,13-37,39-41H2,1-5H3,(H,58,68)(H,59,65)(H,60,64)(H,61,66)(H3,54,57,67)/b46-38-,62-55?/t47-,48-/m0/s1. The highest BCUT2D eigenvalue weighted by Gasteiger charge is 2.28. The van der Waals surface area contributed by atoms with Gasteiger partial charge in [-0.15, -0.1) is 0 Å². The first-order valence-electron chi connectivity index (χ1n) is 27.6. The van der Waals surface area contributed by atoms with Crippen molar-refractivity contribution in [3.8, 4) is 0 Å². The summed E-state index contributed by atoms with van der Waals surface area (Å²) in [6, 6.07) is 3.76. The van der Waals surface area contributed by atoms with Crippen LogP contribution in [0.5, 0.6) is 0 Å². The maximum atomic E-state index is 13.5. The average molecular weight is 1160 g/mol. The number of amides is 6. The van der Waals surface area contributed by atoms with Crippen molar-refractivity contribution < 1.29 is 85.7 Å². The molecule has 0 unspecified atom stereocenters. The van der Waals surface area contributed by atoms with Gasteiger partial charge in [0.25, 0.3) is 5.91 Å². The second-order valence-corrected chi connectivity index (χ2v) is 18.1. The van der Waals surface area contributed by atoms with Crippen LogP contribution in [-0.2, 0) is 82.7 Å². The number of nitrogens with two attached hydrogens (primary N) is 1. The molecular formula is C53H94N10O18. The molecule has 0 bridgehead atoms. The van der Waals surface area contributed by atoms with Gasteiger partial charge in [-0.2, -0.15) is 5.11 Å². The third kappa shape index (κ3) is 46.6. The molecule has 2 atom stereocenters. The lowest BCUT2D eigenvalue weighted by atomic mass is 10.0. The van der Waals surface area contributed by atoms with Crippen LogP contribution in [0.3, 0.4) is 0 Å². The normalized spacial score (nSPS) is 12.0. The largest absolute Gasteiger partial charge is 0.445 e. The quantitative estimate of drug-likeness (QED) is 0.0201. The van der Waals surface area contributed by atoms with Gasteiger partial charge in [-0.05, 0) is 63.1 Å². The Balaban J connectivity index is 2.14.